The van der Waals surface area contributed by atoms with Gasteiger partial charge in [0.15, 0.2) is 0 Å². The van der Waals surface area contributed by atoms with Gasteiger partial charge in [0.1, 0.15) is 0 Å². The molecule has 0 saturated carbocycles. The second-order valence-electron chi connectivity index (χ2n) is 3.73. The Labute approximate surface area is 97.6 Å². The van der Waals surface area contributed by atoms with Gasteiger partial charge in [-0.25, -0.2) is 5.90 Å². The van der Waals surface area contributed by atoms with Gasteiger partial charge < -0.3 is 4.74 Å². The van der Waals surface area contributed by atoms with Crippen molar-refractivity contribution in [2.45, 2.75) is 18.9 Å². The Balaban J connectivity index is 2.18. The summed E-state index contributed by atoms with van der Waals surface area (Å²) in [5.41, 5.74) is 2.39. The Kier molecular flexibility index (Phi) is 3.75. The third-order valence-electron chi connectivity index (χ3n) is 2.68. The second-order valence-corrected chi connectivity index (χ2v) is 4.58. The Morgan fingerprint density at radius 2 is 2.40 bits per heavy atom. The molecule has 1 aromatic carbocycles. The summed E-state index contributed by atoms with van der Waals surface area (Å²) < 4.78 is 6.50. The number of benzene rings is 1. The molecule has 1 fully saturated rings. The maximum absolute atomic E-state index is 5.38. The highest BCUT2D eigenvalue weighted by atomic mass is 79.9. The molecule has 1 saturated heterocycles. The summed E-state index contributed by atoms with van der Waals surface area (Å²) in [5.74, 6) is 5.56. The lowest BCUT2D eigenvalue weighted by Crippen LogP contribution is -2.02. The van der Waals surface area contributed by atoms with Crippen molar-refractivity contribution >= 4 is 15.9 Å². The number of halogens is 1. The van der Waals surface area contributed by atoms with Crippen LogP contribution in [0.15, 0.2) is 22.7 Å². The van der Waals surface area contributed by atoms with Gasteiger partial charge in [-0.1, -0.05) is 28.1 Å². The molecule has 4 heteroatoms. The normalized spacial score (nSPS) is 20.8. The molecule has 0 amide bonds. The van der Waals surface area contributed by atoms with E-state index in [1.54, 1.807) is 0 Å². The molecule has 2 N–H and O–H groups in total. The number of hydrogen-bond donors (Lipinski definition) is 1. The molecule has 3 nitrogen and oxygen atoms in total. The van der Waals surface area contributed by atoms with Crippen molar-refractivity contribution in [1.82, 2.24) is 0 Å². The number of hydrogen-bond acceptors (Lipinski definition) is 3. The zero-order valence-corrected chi connectivity index (χ0v) is 10.00. The molecule has 1 aliphatic heterocycles. The predicted molar refractivity (Wildman–Crippen MR) is 61.3 cm³/mol. The van der Waals surface area contributed by atoms with Crippen molar-refractivity contribution in [1.29, 1.82) is 0 Å². The Bertz CT molecular complexity index is 337. The first-order chi connectivity index (χ1) is 7.31. The van der Waals surface area contributed by atoms with Crippen LogP contribution in [0.1, 0.15) is 23.5 Å². The van der Waals surface area contributed by atoms with Gasteiger partial charge in [-0.3, -0.25) is 4.84 Å². The van der Waals surface area contributed by atoms with Gasteiger partial charge in [-0.15, -0.1) is 0 Å². The summed E-state index contributed by atoms with van der Waals surface area (Å²) in [6.07, 6.45) is 1.10. The van der Waals surface area contributed by atoms with E-state index in [0.717, 1.165) is 29.7 Å². The first-order valence-corrected chi connectivity index (χ1v) is 5.78. The van der Waals surface area contributed by atoms with Gasteiger partial charge in [-0.05, 0) is 23.6 Å². The smallest absolute Gasteiger partial charge is 0.0930 e. The van der Waals surface area contributed by atoms with E-state index in [4.69, 9.17) is 10.6 Å². The molecule has 1 aliphatic rings. The van der Waals surface area contributed by atoms with E-state index < -0.39 is 0 Å². The van der Waals surface area contributed by atoms with Crippen molar-refractivity contribution in [3.05, 3.63) is 33.8 Å². The lowest BCUT2D eigenvalue weighted by molar-refractivity contribution is 0.124. The first-order valence-electron chi connectivity index (χ1n) is 4.99. The van der Waals surface area contributed by atoms with Gasteiger partial charge in [0.25, 0.3) is 0 Å². The SMILES string of the molecule is NOCc1ccc(C2CCOC2)c(Br)c1. The van der Waals surface area contributed by atoms with Crippen LogP contribution < -0.4 is 5.90 Å². The van der Waals surface area contributed by atoms with Crippen molar-refractivity contribution < 1.29 is 9.57 Å². The molecule has 1 aromatic rings. The van der Waals surface area contributed by atoms with Crippen LogP contribution >= 0.6 is 15.9 Å². The van der Waals surface area contributed by atoms with Crippen molar-refractivity contribution in [2.24, 2.45) is 5.90 Å². The van der Waals surface area contributed by atoms with E-state index >= 15 is 0 Å². The molecule has 1 atom stereocenters. The Morgan fingerprint density at radius 3 is 3.00 bits per heavy atom. The average molecular weight is 272 g/mol. The highest BCUT2D eigenvalue weighted by Crippen LogP contribution is 2.31. The van der Waals surface area contributed by atoms with E-state index in [1.165, 1.54) is 5.56 Å². The van der Waals surface area contributed by atoms with Crippen LogP contribution in [-0.4, -0.2) is 13.2 Å². The zero-order valence-electron chi connectivity index (χ0n) is 8.41. The van der Waals surface area contributed by atoms with Gasteiger partial charge in [0, 0.05) is 17.0 Å². The zero-order chi connectivity index (χ0) is 10.7. The van der Waals surface area contributed by atoms with Crippen LogP contribution in [0.5, 0.6) is 0 Å². The minimum Gasteiger partial charge on any atom is -0.381 e. The van der Waals surface area contributed by atoms with E-state index in [0.29, 0.717) is 12.5 Å². The summed E-state index contributed by atoms with van der Waals surface area (Å²) in [7, 11) is 0. The second kappa shape index (κ2) is 5.07. The van der Waals surface area contributed by atoms with Crippen LogP contribution in [-0.2, 0) is 16.2 Å². The molecular weight excluding hydrogens is 258 g/mol. The number of rotatable bonds is 3. The molecule has 15 heavy (non-hydrogen) atoms. The van der Waals surface area contributed by atoms with Gasteiger partial charge in [0.2, 0.25) is 0 Å². The summed E-state index contributed by atoms with van der Waals surface area (Å²) in [5, 5.41) is 0. The first kappa shape index (κ1) is 11.1. The van der Waals surface area contributed by atoms with Crippen LogP contribution in [0.25, 0.3) is 0 Å². The van der Waals surface area contributed by atoms with Crippen LogP contribution in [0.3, 0.4) is 0 Å². The summed E-state index contributed by atoms with van der Waals surface area (Å²) in [6.45, 7) is 2.14. The van der Waals surface area contributed by atoms with Crippen LogP contribution in [0.4, 0.5) is 0 Å². The summed E-state index contributed by atoms with van der Waals surface area (Å²) in [6, 6.07) is 6.23. The molecule has 0 spiro atoms. The molecule has 0 bridgehead atoms. The molecule has 1 heterocycles. The highest BCUT2D eigenvalue weighted by molar-refractivity contribution is 9.10. The van der Waals surface area contributed by atoms with E-state index in [-0.39, 0.29) is 0 Å². The third-order valence-corrected chi connectivity index (χ3v) is 3.37. The maximum atomic E-state index is 5.38. The Hall–Kier alpha value is -0.420. The largest absolute Gasteiger partial charge is 0.381 e. The lowest BCUT2D eigenvalue weighted by Gasteiger charge is -2.11. The molecule has 2 rings (SSSR count). The molecule has 0 aromatic heterocycles. The minimum absolute atomic E-state index is 0.444. The number of ether oxygens (including phenoxy) is 1. The third kappa shape index (κ3) is 2.58. The fourth-order valence-electron chi connectivity index (χ4n) is 1.87. The fourth-order valence-corrected chi connectivity index (χ4v) is 2.62. The fraction of sp³-hybridized carbons (Fsp3) is 0.455. The molecule has 1 unspecified atom stereocenters. The Morgan fingerprint density at radius 1 is 1.53 bits per heavy atom. The monoisotopic (exact) mass is 271 g/mol. The minimum atomic E-state index is 0.444. The van der Waals surface area contributed by atoms with Crippen molar-refractivity contribution in [3.63, 3.8) is 0 Å². The van der Waals surface area contributed by atoms with E-state index in [2.05, 4.69) is 32.9 Å². The van der Waals surface area contributed by atoms with Gasteiger partial charge >= 0.3 is 0 Å². The quantitative estimate of drug-likeness (QED) is 0.859. The molecule has 82 valence electrons. The standard InChI is InChI=1S/C11H14BrNO2/c12-11-5-8(6-15-13)1-2-10(11)9-3-4-14-7-9/h1-2,5,9H,3-4,6-7,13H2. The van der Waals surface area contributed by atoms with Crippen molar-refractivity contribution in [3.8, 4) is 0 Å². The van der Waals surface area contributed by atoms with Crippen LogP contribution in [0, 0.1) is 0 Å². The van der Waals surface area contributed by atoms with Crippen molar-refractivity contribution in [2.75, 3.05) is 13.2 Å². The molecule has 0 aliphatic carbocycles. The lowest BCUT2D eigenvalue weighted by atomic mass is 9.97. The number of nitrogens with two attached hydrogens (primary N) is 1. The molecule has 0 radical (unpaired) electrons. The average Bonchev–Trinajstić information content (AvgIpc) is 2.71. The molecular formula is C11H14BrNO2. The van der Waals surface area contributed by atoms with Crippen LogP contribution in [0.2, 0.25) is 0 Å². The topological polar surface area (TPSA) is 44.5 Å². The predicted octanol–water partition coefficient (Wildman–Crippen LogP) is 2.34. The summed E-state index contributed by atoms with van der Waals surface area (Å²) >= 11 is 3.58. The van der Waals surface area contributed by atoms with E-state index in [1.807, 2.05) is 6.07 Å². The summed E-state index contributed by atoms with van der Waals surface area (Å²) in [4.78, 5) is 4.60. The van der Waals surface area contributed by atoms with E-state index in [9.17, 15) is 0 Å². The van der Waals surface area contributed by atoms with Gasteiger partial charge in [0.05, 0.1) is 13.2 Å². The highest BCUT2D eigenvalue weighted by Gasteiger charge is 2.19. The van der Waals surface area contributed by atoms with Gasteiger partial charge in [-0.2, -0.15) is 0 Å². The maximum Gasteiger partial charge on any atom is 0.0930 e.